The minimum atomic E-state index is -1.01. The van der Waals surface area contributed by atoms with E-state index >= 15 is 0 Å². The second-order valence-corrected chi connectivity index (χ2v) is 5.22. The molecule has 1 amide bonds. The third-order valence-electron chi connectivity index (χ3n) is 3.57. The molecule has 128 valence electrons. The van der Waals surface area contributed by atoms with Crippen LogP contribution in [0.4, 0.5) is 8.78 Å². The zero-order chi connectivity index (χ0) is 18.0. The standard InChI is InChI=1S/C18H14F2N2O3/c1-24-12-5-10(6-13(9-12)25-2)7-16-18(23)22-17(21-16)11-3-4-14(19)15(20)8-11/h3-9H,1-2H3,(H,21,22,23)/b16-7+. The smallest absolute Gasteiger partial charge is 0.275 e. The van der Waals surface area contributed by atoms with Gasteiger partial charge >= 0.3 is 0 Å². The number of hydrogen-bond donors (Lipinski definition) is 1. The van der Waals surface area contributed by atoms with Gasteiger partial charge in [0.15, 0.2) is 11.6 Å². The number of amides is 1. The number of hydrogen-bond acceptors (Lipinski definition) is 4. The van der Waals surface area contributed by atoms with E-state index in [2.05, 4.69) is 10.3 Å². The highest BCUT2D eigenvalue weighted by Crippen LogP contribution is 2.25. The van der Waals surface area contributed by atoms with E-state index in [4.69, 9.17) is 9.47 Å². The molecule has 0 atom stereocenters. The Kier molecular flexibility index (Phi) is 4.47. The van der Waals surface area contributed by atoms with E-state index in [0.717, 1.165) is 12.1 Å². The molecule has 5 nitrogen and oxygen atoms in total. The third kappa shape index (κ3) is 3.50. The summed E-state index contributed by atoms with van der Waals surface area (Å²) in [5.74, 6) is -1.13. The lowest BCUT2D eigenvalue weighted by Gasteiger charge is -2.05. The Bertz CT molecular complexity index is 885. The number of aliphatic imine (C=N–C) groups is 1. The molecule has 1 heterocycles. The van der Waals surface area contributed by atoms with Crippen LogP contribution in [0.25, 0.3) is 6.08 Å². The highest BCUT2D eigenvalue weighted by atomic mass is 19.2. The van der Waals surface area contributed by atoms with Crippen molar-refractivity contribution in [2.24, 2.45) is 4.99 Å². The largest absolute Gasteiger partial charge is 0.497 e. The van der Waals surface area contributed by atoms with Crippen LogP contribution in [-0.4, -0.2) is 26.0 Å². The maximum Gasteiger partial charge on any atom is 0.275 e. The molecule has 0 spiro atoms. The summed E-state index contributed by atoms with van der Waals surface area (Å²) in [6.45, 7) is 0. The summed E-state index contributed by atoms with van der Waals surface area (Å²) in [6, 6.07) is 8.43. The second kappa shape index (κ2) is 6.72. The Morgan fingerprint density at radius 2 is 1.68 bits per heavy atom. The van der Waals surface area contributed by atoms with Crippen molar-refractivity contribution in [1.82, 2.24) is 5.32 Å². The van der Waals surface area contributed by atoms with Gasteiger partial charge in [-0.05, 0) is 42.0 Å². The number of nitrogens with zero attached hydrogens (tertiary/aromatic N) is 1. The van der Waals surface area contributed by atoms with E-state index < -0.39 is 17.5 Å². The van der Waals surface area contributed by atoms with Crippen molar-refractivity contribution in [3.05, 3.63) is 64.9 Å². The molecule has 2 aromatic carbocycles. The van der Waals surface area contributed by atoms with Crippen molar-refractivity contribution in [2.45, 2.75) is 0 Å². The number of halogens is 2. The molecule has 0 aromatic heterocycles. The molecule has 0 saturated carbocycles. The van der Waals surface area contributed by atoms with Gasteiger partial charge in [-0.2, -0.15) is 0 Å². The van der Waals surface area contributed by atoms with E-state index in [-0.39, 0.29) is 17.1 Å². The maximum absolute atomic E-state index is 13.4. The fourth-order valence-electron chi connectivity index (χ4n) is 2.32. The van der Waals surface area contributed by atoms with Crippen LogP contribution in [0.15, 0.2) is 47.1 Å². The number of ether oxygens (including phenoxy) is 2. The van der Waals surface area contributed by atoms with Crippen LogP contribution in [-0.2, 0) is 4.79 Å². The van der Waals surface area contributed by atoms with Crippen LogP contribution in [0.3, 0.4) is 0 Å². The van der Waals surface area contributed by atoms with Crippen LogP contribution in [0.1, 0.15) is 11.1 Å². The number of benzene rings is 2. The van der Waals surface area contributed by atoms with Crippen molar-refractivity contribution >= 4 is 17.8 Å². The maximum atomic E-state index is 13.4. The van der Waals surface area contributed by atoms with Gasteiger partial charge in [0.2, 0.25) is 0 Å². The lowest BCUT2D eigenvalue weighted by Crippen LogP contribution is -2.24. The molecular formula is C18H14F2N2O3. The van der Waals surface area contributed by atoms with Crippen molar-refractivity contribution in [1.29, 1.82) is 0 Å². The predicted octanol–water partition coefficient (Wildman–Crippen LogP) is 2.90. The highest BCUT2D eigenvalue weighted by molar-refractivity contribution is 6.19. The first-order valence-corrected chi connectivity index (χ1v) is 7.30. The van der Waals surface area contributed by atoms with Crippen molar-refractivity contribution in [3.8, 4) is 11.5 Å². The Balaban J connectivity index is 1.97. The molecule has 25 heavy (non-hydrogen) atoms. The Labute approximate surface area is 142 Å². The van der Waals surface area contributed by atoms with Gasteiger partial charge in [-0.25, -0.2) is 13.8 Å². The molecule has 3 rings (SSSR count). The average molecular weight is 344 g/mol. The second-order valence-electron chi connectivity index (χ2n) is 5.22. The molecule has 0 radical (unpaired) electrons. The summed E-state index contributed by atoms with van der Waals surface area (Å²) in [4.78, 5) is 16.3. The molecule has 0 saturated heterocycles. The first-order chi connectivity index (χ1) is 12.0. The zero-order valence-corrected chi connectivity index (χ0v) is 13.5. The van der Waals surface area contributed by atoms with E-state index in [9.17, 15) is 13.6 Å². The van der Waals surface area contributed by atoms with Gasteiger partial charge in [-0.3, -0.25) is 4.79 Å². The molecule has 2 aromatic rings. The topological polar surface area (TPSA) is 59.9 Å². The van der Waals surface area contributed by atoms with E-state index in [0.29, 0.717) is 17.1 Å². The van der Waals surface area contributed by atoms with Crippen molar-refractivity contribution in [2.75, 3.05) is 14.2 Å². The predicted molar refractivity (Wildman–Crippen MR) is 88.6 cm³/mol. The summed E-state index contributed by atoms with van der Waals surface area (Å²) in [5, 5.41) is 2.54. The third-order valence-corrected chi connectivity index (χ3v) is 3.57. The molecule has 0 aliphatic carbocycles. The monoisotopic (exact) mass is 344 g/mol. The van der Waals surface area contributed by atoms with E-state index in [1.54, 1.807) is 24.3 Å². The van der Waals surface area contributed by atoms with Gasteiger partial charge in [0.1, 0.15) is 23.0 Å². The first kappa shape index (κ1) is 16.6. The van der Waals surface area contributed by atoms with Crippen LogP contribution in [0.5, 0.6) is 11.5 Å². The Morgan fingerprint density at radius 1 is 1.00 bits per heavy atom. The summed E-state index contributed by atoms with van der Waals surface area (Å²) < 4.78 is 36.7. The van der Waals surface area contributed by atoms with E-state index in [1.807, 2.05) is 0 Å². The molecular weight excluding hydrogens is 330 g/mol. The lowest BCUT2D eigenvalue weighted by atomic mass is 10.1. The quantitative estimate of drug-likeness (QED) is 0.868. The molecule has 0 bridgehead atoms. The van der Waals surface area contributed by atoms with Crippen LogP contribution >= 0.6 is 0 Å². The van der Waals surface area contributed by atoms with Gasteiger partial charge in [0, 0.05) is 11.6 Å². The highest BCUT2D eigenvalue weighted by Gasteiger charge is 2.22. The van der Waals surface area contributed by atoms with Gasteiger partial charge in [0.05, 0.1) is 14.2 Å². The average Bonchev–Trinajstić information content (AvgIpc) is 2.97. The molecule has 1 aliphatic rings. The van der Waals surface area contributed by atoms with E-state index in [1.165, 1.54) is 20.3 Å². The fraction of sp³-hybridized carbons (Fsp3) is 0.111. The molecule has 7 heteroatoms. The number of carbonyl (C=O) groups excluding carboxylic acids is 1. The minimum absolute atomic E-state index is 0.134. The van der Waals surface area contributed by atoms with Gasteiger partial charge in [0.25, 0.3) is 5.91 Å². The van der Waals surface area contributed by atoms with Crippen molar-refractivity contribution < 1.29 is 23.0 Å². The molecule has 0 fully saturated rings. The zero-order valence-electron chi connectivity index (χ0n) is 13.5. The summed E-state index contributed by atoms with van der Waals surface area (Å²) in [5.41, 5.74) is 1.06. The van der Waals surface area contributed by atoms with Crippen LogP contribution in [0, 0.1) is 11.6 Å². The number of carbonyl (C=O) groups is 1. The molecule has 1 N–H and O–H groups in total. The number of nitrogens with one attached hydrogen (secondary N) is 1. The number of methoxy groups -OCH3 is 2. The SMILES string of the molecule is COc1cc(/C=C2/N=C(c3ccc(F)c(F)c3)NC2=O)cc(OC)c1. The number of amidine groups is 1. The molecule has 0 unspecified atom stereocenters. The van der Waals surface area contributed by atoms with Crippen molar-refractivity contribution in [3.63, 3.8) is 0 Å². The van der Waals surface area contributed by atoms with Gasteiger partial charge in [-0.15, -0.1) is 0 Å². The molecule has 1 aliphatic heterocycles. The van der Waals surface area contributed by atoms with Gasteiger partial charge in [-0.1, -0.05) is 0 Å². The summed E-state index contributed by atoms with van der Waals surface area (Å²) >= 11 is 0. The summed E-state index contributed by atoms with van der Waals surface area (Å²) in [6.07, 6.45) is 1.55. The first-order valence-electron chi connectivity index (χ1n) is 7.30. The Hall–Kier alpha value is -3.22. The fourth-order valence-corrected chi connectivity index (χ4v) is 2.32. The number of rotatable bonds is 4. The normalized spacial score (nSPS) is 15.1. The van der Waals surface area contributed by atoms with Crippen LogP contribution in [0.2, 0.25) is 0 Å². The lowest BCUT2D eigenvalue weighted by molar-refractivity contribution is -0.115. The summed E-state index contributed by atoms with van der Waals surface area (Å²) in [7, 11) is 3.04. The minimum Gasteiger partial charge on any atom is -0.497 e. The Morgan fingerprint density at radius 3 is 2.28 bits per heavy atom. The van der Waals surface area contributed by atoms with Gasteiger partial charge < -0.3 is 14.8 Å². The van der Waals surface area contributed by atoms with Crippen LogP contribution < -0.4 is 14.8 Å².